The third kappa shape index (κ3) is 6.04. The number of benzene rings is 2. The topological polar surface area (TPSA) is 40.5 Å². The molecule has 1 aliphatic heterocycles. The molecule has 0 saturated carbocycles. The van der Waals surface area contributed by atoms with Crippen LogP contribution in [0, 0.1) is 26.4 Å². The van der Waals surface area contributed by atoms with Gasteiger partial charge in [0.1, 0.15) is 5.82 Å². The highest BCUT2D eigenvalue weighted by Crippen LogP contribution is 2.32. The first-order valence-corrected chi connectivity index (χ1v) is 11.9. The highest BCUT2D eigenvalue weighted by Gasteiger charge is 2.43. The average molecular weight is 559 g/mol. The van der Waals surface area contributed by atoms with E-state index in [-0.39, 0.29) is 41.6 Å². The zero-order valence-corrected chi connectivity index (χ0v) is 20.8. The number of hydrogen-bond acceptors (Lipinski definition) is 2. The van der Waals surface area contributed by atoms with Crippen molar-refractivity contribution in [2.24, 2.45) is 5.41 Å². The van der Waals surface area contributed by atoms with Crippen molar-refractivity contribution in [3.63, 3.8) is 0 Å². The molecule has 2 aromatic rings. The first-order valence-electron chi connectivity index (χ1n) is 10.8. The molecule has 0 unspecified atom stereocenters. The summed E-state index contributed by atoms with van der Waals surface area (Å²) < 4.78 is 43.6. The zero-order valence-electron chi connectivity index (χ0n) is 18.7. The molecule has 1 heterocycles. The number of carbonyl (C=O) groups is 1. The normalized spacial score (nSPS) is 15.6. The number of unbranched alkanes of at least 4 members (excludes halogenated alkanes) is 1. The summed E-state index contributed by atoms with van der Waals surface area (Å²) in [5, 5.41) is 10.7. The maximum Gasteiger partial charge on any atom is 0.254 e. The van der Waals surface area contributed by atoms with Crippen LogP contribution in [0.4, 0.5) is 13.2 Å². The lowest BCUT2D eigenvalue weighted by molar-refractivity contribution is -0.0871. The maximum absolute atomic E-state index is 14.6. The predicted molar refractivity (Wildman–Crippen MR) is 127 cm³/mol. The molecule has 0 atom stereocenters. The Kier molecular flexibility index (Phi) is 7.59. The fourth-order valence-electron chi connectivity index (χ4n) is 4.07. The number of hydrogen-bond donors (Lipinski definition) is 1. The number of likely N-dealkylation sites (tertiary alicyclic amines) is 1. The van der Waals surface area contributed by atoms with Crippen LogP contribution in [0.15, 0.2) is 30.3 Å². The Labute approximate surface area is 201 Å². The molecule has 1 amide bonds. The van der Waals surface area contributed by atoms with Crippen LogP contribution in [-0.2, 0) is 6.42 Å². The molecule has 0 radical (unpaired) electrons. The molecule has 0 spiro atoms. The number of amides is 1. The Morgan fingerprint density at radius 1 is 1.09 bits per heavy atom. The number of aliphatic hydroxyl groups is 1. The van der Waals surface area contributed by atoms with Crippen LogP contribution in [0.2, 0.25) is 0 Å². The number of β-amino-alcohol motifs (C(OH)–C–C–N with tert-alkyl or cyclic N) is 1. The van der Waals surface area contributed by atoms with Gasteiger partial charge < -0.3 is 10.0 Å². The van der Waals surface area contributed by atoms with Gasteiger partial charge in [0.05, 0.1) is 18.7 Å². The molecule has 0 aliphatic carbocycles. The molecule has 0 bridgehead atoms. The van der Waals surface area contributed by atoms with Gasteiger partial charge in [-0.05, 0) is 70.7 Å². The van der Waals surface area contributed by atoms with Crippen molar-refractivity contribution in [2.45, 2.75) is 58.5 Å². The molecule has 2 aromatic carbocycles. The number of halogens is 4. The summed E-state index contributed by atoms with van der Waals surface area (Å²) in [4.78, 5) is 14.5. The SMILES string of the molecule is CC(C)(C)CCCCC1(O)CN(C(=O)c2ccc(F)c(F)c2Cc2ccc(I)cc2F)C1. The van der Waals surface area contributed by atoms with Crippen molar-refractivity contribution in [2.75, 3.05) is 13.1 Å². The Balaban J connectivity index is 1.70. The van der Waals surface area contributed by atoms with Gasteiger partial charge in [-0.3, -0.25) is 4.79 Å². The minimum Gasteiger partial charge on any atom is -0.386 e. The maximum atomic E-state index is 14.6. The van der Waals surface area contributed by atoms with E-state index in [0.29, 0.717) is 9.99 Å². The van der Waals surface area contributed by atoms with E-state index in [2.05, 4.69) is 20.8 Å². The molecule has 7 heteroatoms. The summed E-state index contributed by atoms with van der Waals surface area (Å²) in [6.07, 6.45) is 3.26. The third-order valence-electron chi connectivity index (χ3n) is 5.89. The second-order valence-corrected chi connectivity index (χ2v) is 11.2. The van der Waals surface area contributed by atoms with Crippen molar-refractivity contribution < 1.29 is 23.1 Å². The van der Waals surface area contributed by atoms with Crippen LogP contribution in [0.3, 0.4) is 0 Å². The van der Waals surface area contributed by atoms with Crippen molar-refractivity contribution in [3.8, 4) is 0 Å². The van der Waals surface area contributed by atoms with E-state index in [1.54, 1.807) is 6.07 Å². The molecule has 0 aromatic heterocycles. The Bertz CT molecular complexity index is 997. The van der Waals surface area contributed by atoms with E-state index in [1.165, 1.54) is 23.1 Å². The van der Waals surface area contributed by atoms with E-state index in [9.17, 15) is 23.1 Å². The van der Waals surface area contributed by atoms with Crippen molar-refractivity contribution in [3.05, 3.63) is 68.0 Å². The van der Waals surface area contributed by atoms with Gasteiger partial charge in [-0.1, -0.05) is 39.7 Å². The smallest absolute Gasteiger partial charge is 0.254 e. The van der Waals surface area contributed by atoms with Gasteiger partial charge in [-0.25, -0.2) is 13.2 Å². The molecular formula is C25H29F3INO2. The summed E-state index contributed by atoms with van der Waals surface area (Å²) in [7, 11) is 0. The highest BCUT2D eigenvalue weighted by molar-refractivity contribution is 14.1. The van der Waals surface area contributed by atoms with Crippen LogP contribution >= 0.6 is 22.6 Å². The van der Waals surface area contributed by atoms with E-state index >= 15 is 0 Å². The van der Waals surface area contributed by atoms with Crippen molar-refractivity contribution >= 4 is 28.5 Å². The van der Waals surface area contributed by atoms with Gasteiger partial charge >= 0.3 is 0 Å². The monoisotopic (exact) mass is 559 g/mol. The van der Waals surface area contributed by atoms with Gasteiger partial charge in [0.25, 0.3) is 5.91 Å². The van der Waals surface area contributed by atoms with Gasteiger partial charge in [0.2, 0.25) is 0 Å². The standard InChI is InChI=1S/C25H29F3INO2/c1-24(2,3)10-4-5-11-25(32)14-30(15-25)23(31)18-8-9-20(26)22(28)19(18)12-16-6-7-17(29)13-21(16)27/h6-9,13,32H,4-5,10-12,14-15H2,1-3H3. The Morgan fingerprint density at radius 3 is 2.41 bits per heavy atom. The molecule has 3 rings (SSSR count). The summed E-state index contributed by atoms with van der Waals surface area (Å²) >= 11 is 1.96. The minimum absolute atomic E-state index is 0.00312. The van der Waals surface area contributed by atoms with Crippen LogP contribution in [0.5, 0.6) is 0 Å². The lowest BCUT2D eigenvalue weighted by Crippen LogP contribution is -2.63. The van der Waals surface area contributed by atoms with Crippen molar-refractivity contribution in [1.82, 2.24) is 4.90 Å². The molecule has 1 aliphatic rings. The first-order chi connectivity index (χ1) is 14.9. The lowest BCUT2D eigenvalue weighted by Gasteiger charge is -2.47. The molecule has 3 nitrogen and oxygen atoms in total. The van der Waals surface area contributed by atoms with Gasteiger partial charge in [0.15, 0.2) is 11.6 Å². The first kappa shape index (κ1) is 25.0. The number of carbonyl (C=O) groups excluding carboxylic acids is 1. The summed E-state index contributed by atoms with van der Waals surface area (Å²) in [5.41, 5.74) is -0.700. The lowest BCUT2D eigenvalue weighted by atomic mass is 9.84. The van der Waals surface area contributed by atoms with E-state index < -0.39 is 29.0 Å². The highest BCUT2D eigenvalue weighted by atomic mass is 127. The van der Waals surface area contributed by atoms with Crippen LogP contribution in [0.25, 0.3) is 0 Å². The van der Waals surface area contributed by atoms with Crippen LogP contribution in [-0.4, -0.2) is 34.6 Å². The molecular weight excluding hydrogens is 530 g/mol. The van der Waals surface area contributed by atoms with Gasteiger partial charge in [0, 0.05) is 21.1 Å². The average Bonchev–Trinajstić information content (AvgIpc) is 2.67. The quantitative estimate of drug-likeness (QED) is 0.330. The van der Waals surface area contributed by atoms with Crippen molar-refractivity contribution in [1.29, 1.82) is 0 Å². The Morgan fingerprint density at radius 2 is 1.78 bits per heavy atom. The molecule has 1 fully saturated rings. The second-order valence-electron chi connectivity index (χ2n) is 9.95. The summed E-state index contributed by atoms with van der Waals surface area (Å²) in [6, 6.07) is 6.64. The van der Waals surface area contributed by atoms with Gasteiger partial charge in [-0.2, -0.15) is 0 Å². The van der Waals surface area contributed by atoms with E-state index in [4.69, 9.17) is 0 Å². The largest absolute Gasteiger partial charge is 0.386 e. The van der Waals surface area contributed by atoms with Crippen LogP contribution in [0.1, 0.15) is 67.9 Å². The zero-order chi connectivity index (χ0) is 23.7. The van der Waals surface area contributed by atoms with E-state index in [0.717, 1.165) is 25.3 Å². The molecule has 174 valence electrons. The molecule has 32 heavy (non-hydrogen) atoms. The number of rotatable bonds is 7. The second kappa shape index (κ2) is 9.71. The van der Waals surface area contributed by atoms with Gasteiger partial charge in [-0.15, -0.1) is 0 Å². The fourth-order valence-corrected chi connectivity index (χ4v) is 4.52. The summed E-state index contributed by atoms with van der Waals surface area (Å²) in [5.74, 6) is -3.25. The third-order valence-corrected chi connectivity index (χ3v) is 6.56. The number of nitrogens with zero attached hydrogens (tertiary/aromatic N) is 1. The molecule has 1 saturated heterocycles. The minimum atomic E-state index is -1.15. The predicted octanol–water partition coefficient (Wildman–Crippen LogP) is 6.09. The summed E-state index contributed by atoms with van der Waals surface area (Å²) in [6.45, 7) is 6.82. The molecule has 1 N–H and O–H groups in total. The van der Waals surface area contributed by atoms with E-state index in [1.807, 2.05) is 22.6 Å². The fraction of sp³-hybridized carbons (Fsp3) is 0.480. The Hall–Kier alpha value is -1.61. The van der Waals surface area contributed by atoms with Crippen LogP contribution < -0.4 is 0 Å².